The number of nitrogens with zero attached hydrogens (tertiary/aromatic N) is 2. The molecule has 0 aromatic rings. The summed E-state index contributed by atoms with van der Waals surface area (Å²) in [6.07, 6.45) is 0.452. The van der Waals surface area contributed by atoms with Crippen LogP contribution in [0.4, 0.5) is 4.79 Å². The number of hydrogen-bond donors (Lipinski definition) is 2. The fraction of sp³-hybridized carbons (Fsp3) is 0.895. The van der Waals surface area contributed by atoms with Gasteiger partial charge in [-0.3, -0.25) is 4.99 Å². The van der Waals surface area contributed by atoms with Crippen molar-refractivity contribution in [2.75, 3.05) is 40.4 Å². The molecule has 26 heavy (non-hydrogen) atoms. The van der Waals surface area contributed by atoms with Crippen molar-refractivity contribution < 1.29 is 14.3 Å². The fourth-order valence-corrected chi connectivity index (χ4v) is 2.70. The van der Waals surface area contributed by atoms with Gasteiger partial charge in [-0.05, 0) is 33.1 Å². The van der Waals surface area contributed by atoms with Crippen LogP contribution in [-0.4, -0.2) is 69.0 Å². The summed E-state index contributed by atoms with van der Waals surface area (Å²) in [4.78, 5) is 18.5. The Morgan fingerprint density at radius 3 is 2.38 bits per heavy atom. The Morgan fingerprint density at radius 1 is 1.35 bits per heavy atom. The van der Waals surface area contributed by atoms with Gasteiger partial charge in [0.1, 0.15) is 5.60 Å². The van der Waals surface area contributed by atoms with Gasteiger partial charge < -0.3 is 25.0 Å². The summed E-state index contributed by atoms with van der Waals surface area (Å²) in [5.41, 5.74) is -0.300. The zero-order chi connectivity index (χ0) is 20.0. The topological polar surface area (TPSA) is 75.2 Å². The third-order valence-corrected chi connectivity index (χ3v) is 4.43. The highest BCUT2D eigenvalue weighted by molar-refractivity contribution is 5.79. The second kappa shape index (κ2) is 9.44. The minimum atomic E-state index is -0.490. The molecule has 1 fully saturated rings. The molecule has 1 aliphatic heterocycles. The molecule has 0 aromatic heterocycles. The van der Waals surface area contributed by atoms with Crippen LogP contribution < -0.4 is 10.6 Å². The van der Waals surface area contributed by atoms with Crippen LogP contribution in [0.15, 0.2) is 4.99 Å². The molecule has 0 aliphatic carbocycles. The SMILES string of the molecule is CN=C(NCC1(C)COC1)N(C)CCC(NC(=O)OC(C)(C)C)C(C)C. The molecule has 2 N–H and O–H groups in total. The first-order chi connectivity index (χ1) is 12.0. The lowest BCUT2D eigenvalue weighted by molar-refractivity contribution is -0.0972. The molecule has 0 bridgehead atoms. The predicted octanol–water partition coefficient (Wildman–Crippen LogP) is 2.47. The number of hydrogen-bond acceptors (Lipinski definition) is 4. The molecule has 1 amide bonds. The maximum Gasteiger partial charge on any atom is 0.407 e. The van der Waals surface area contributed by atoms with Crippen LogP contribution in [0.25, 0.3) is 0 Å². The van der Waals surface area contributed by atoms with E-state index in [-0.39, 0.29) is 17.6 Å². The minimum Gasteiger partial charge on any atom is -0.444 e. The molecule has 1 heterocycles. The van der Waals surface area contributed by atoms with Gasteiger partial charge in [0.05, 0.1) is 13.2 Å². The molecular formula is C19H38N4O3. The summed E-state index contributed by atoms with van der Waals surface area (Å²) >= 11 is 0. The van der Waals surface area contributed by atoms with Gasteiger partial charge in [0.15, 0.2) is 5.96 Å². The van der Waals surface area contributed by atoms with Crippen LogP contribution in [0.3, 0.4) is 0 Å². The molecule has 1 aliphatic rings. The second-order valence-electron chi connectivity index (χ2n) is 8.91. The molecule has 152 valence electrons. The summed E-state index contributed by atoms with van der Waals surface area (Å²) in [6, 6.07) is 0.0444. The van der Waals surface area contributed by atoms with Gasteiger partial charge in [-0.25, -0.2) is 4.79 Å². The van der Waals surface area contributed by atoms with Gasteiger partial charge in [-0.1, -0.05) is 20.8 Å². The highest BCUT2D eigenvalue weighted by atomic mass is 16.6. The molecule has 7 nitrogen and oxygen atoms in total. The Morgan fingerprint density at radius 2 is 1.96 bits per heavy atom. The summed E-state index contributed by atoms with van der Waals surface area (Å²) < 4.78 is 10.7. The van der Waals surface area contributed by atoms with Gasteiger partial charge in [-0.2, -0.15) is 0 Å². The molecule has 0 radical (unpaired) electrons. The Kier molecular flexibility index (Phi) is 8.18. The largest absolute Gasteiger partial charge is 0.444 e. The van der Waals surface area contributed by atoms with Crippen LogP contribution in [0.2, 0.25) is 0 Å². The zero-order valence-corrected chi connectivity index (χ0v) is 17.8. The van der Waals surface area contributed by atoms with Gasteiger partial charge >= 0.3 is 6.09 Å². The quantitative estimate of drug-likeness (QED) is 0.532. The molecule has 1 rings (SSSR count). The number of amides is 1. The smallest absolute Gasteiger partial charge is 0.407 e. The number of alkyl carbamates (subject to hydrolysis) is 1. The second-order valence-corrected chi connectivity index (χ2v) is 8.91. The van der Waals surface area contributed by atoms with Crippen molar-refractivity contribution in [2.24, 2.45) is 16.3 Å². The van der Waals surface area contributed by atoms with E-state index in [1.54, 1.807) is 7.05 Å². The number of carbonyl (C=O) groups is 1. The molecule has 1 atom stereocenters. The number of ether oxygens (including phenoxy) is 2. The number of rotatable bonds is 7. The van der Waals surface area contributed by atoms with Crippen molar-refractivity contribution in [3.63, 3.8) is 0 Å². The molecule has 0 aromatic carbocycles. The van der Waals surface area contributed by atoms with Crippen molar-refractivity contribution >= 4 is 12.1 Å². The predicted molar refractivity (Wildman–Crippen MR) is 106 cm³/mol. The van der Waals surface area contributed by atoms with Gasteiger partial charge in [0.2, 0.25) is 0 Å². The lowest BCUT2D eigenvalue weighted by Crippen LogP contribution is -2.51. The van der Waals surface area contributed by atoms with Crippen molar-refractivity contribution in [3.8, 4) is 0 Å². The lowest BCUT2D eigenvalue weighted by Gasteiger charge is -2.39. The van der Waals surface area contributed by atoms with E-state index >= 15 is 0 Å². The Labute approximate surface area is 158 Å². The minimum absolute atomic E-state index is 0.0444. The maximum atomic E-state index is 12.1. The summed E-state index contributed by atoms with van der Waals surface area (Å²) in [7, 11) is 3.80. The highest BCUT2D eigenvalue weighted by Crippen LogP contribution is 2.25. The number of guanidine groups is 1. The molecule has 0 spiro atoms. The van der Waals surface area contributed by atoms with Crippen molar-refractivity contribution in [3.05, 3.63) is 0 Å². The Hall–Kier alpha value is -1.50. The third-order valence-electron chi connectivity index (χ3n) is 4.43. The van der Waals surface area contributed by atoms with E-state index < -0.39 is 5.60 Å². The lowest BCUT2D eigenvalue weighted by atomic mass is 9.89. The van der Waals surface area contributed by atoms with Gasteiger partial charge in [0, 0.05) is 38.6 Å². The summed E-state index contributed by atoms with van der Waals surface area (Å²) in [5.74, 6) is 1.18. The van der Waals surface area contributed by atoms with Crippen molar-refractivity contribution in [1.29, 1.82) is 0 Å². The first-order valence-electron chi connectivity index (χ1n) is 9.45. The monoisotopic (exact) mass is 370 g/mol. The number of nitrogens with one attached hydrogen (secondary N) is 2. The van der Waals surface area contributed by atoms with Gasteiger partial charge in [0.25, 0.3) is 0 Å². The van der Waals surface area contributed by atoms with Crippen LogP contribution in [0, 0.1) is 11.3 Å². The first-order valence-corrected chi connectivity index (χ1v) is 9.45. The number of carbonyl (C=O) groups excluding carboxylic acids is 1. The van der Waals surface area contributed by atoms with E-state index in [1.807, 2.05) is 27.8 Å². The van der Waals surface area contributed by atoms with Crippen molar-refractivity contribution in [2.45, 2.75) is 59.6 Å². The molecule has 0 saturated carbocycles. The number of aliphatic imine (C=N–C) groups is 1. The standard InChI is InChI=1S/C19H38N4O3/c1-14(2)15(22-17(24)26-18(3,4)5)9-10-23(8)16(20-7)21-11-19(6)12-25-13-19/h14-15H,9-13H2,1-8H3,(H,20,21)(H,22,24). The fourth-order valence-electron chi connectivity index (χ4n) is 2.70. The van der Waals surface area contributed by atoms with E-state index in [0.717, 1.165) is 38.7 Å². The highest BCUT2D eigenvalue weighted by Gasteiger charge is 2.33. The zero-order valence-electron chi connectivity index (χ0n) is 17.8. The Balaban J connectivity index is 2.48. The van der Waals surface area contributed by atoms with Crippen LogP contribution in [0.5, 0.6) is 0 Å². The van der Waals surface area contributed by atoms with E-state index in [4.69, 9.17) is 9.47 Å². The van der Waals surface area contributed by atoms with E-state index in [9.17, 15) is 4.79 Å². The van der Waals surface area contributed by atoms with E-state index in [2.05, 4.69) is 41.3 Å². The van der Waals surface area contributed by atoms with Crippen LogP contribution in [0.1, 0.15) is 48.0 Å². The van der Waals surface area contributed by atoms with Gasteiger partial charge in [-0.15, -0.1) is 0 Å². The average molecular weight is 371 g/mol. The maximum absolute atomic E-state index is 12.1. The summed E-state index contributed by atoms with van der Waals surface area (Å²) in [6.45, 7) is 15.2. The van der Waals surface area contributed by atoms with Crippen LogP contribution in [-0.2, 0) is 9.47 Å². The van der Waals surface area contributed by atoms with E-state index in [0.29, 0.717) is 5.92 Å². The molecule has 7 heteroatoms. The Bertz CT molecular complexity index is 482. The normalized spacial score (nSPS) is 18.1. The van der Waals surface area contributed by atoms with E-state index in [1.165, 1.54) is 0 Å². The first kappa shape index (κ1) is 22.5. The third kappa shape index (κ3) is 7.81. The van der Waals surface area contributed by atoms with Crippen molar-refractivity contribution in [1.82, 2.24) is 15.5 Å². The summed E-state index contributed by atoms with van der Waals surface area (Å²) in [5, 5.41) is 6.42. The molecule has 1 unspecified atom stereocenters. The average Bonchev–Trinajstić information content (AvgIpc) is 2.48. The molecular weight excluding hydrogens is 332 g/mol. The van der Waals surface area contributed by atoms with Crippen LogP contribution >= 0.6 is 0 Å². The molecule has 1 saturated heterocycles.